The van der Waals surface area contributed by atoms with Gasteiger partial charge in [0, 0.05) is 12.4 Å². The Morgan fingerprint density at radius 3 is 2.58 bits per heavy atom. The predicted octanol–water partition coefficient (Wildman–Crippen LogP) is 0.0215. The minimum atomic E-state index is -0.302. The zero-order chi connectivity index (χ0) is 8.55. The van der Waals surface area contributed by atoms with Crippen molar-refractivity contribution in [3.8, 4) is 0 Å². The van der Waals surface area contributed by atoms with E-state index in [-0.39, 0.29) is 5.56 Å². The highest BCUT2D eigenvalue weighted by Crippen LogP contribution is 2.03. The molecular formula is C7H6N4O. The Kier molecular flexibility index (Phi) is 1.36. The van der Waals surface area contributed by atoms with E-state index in [1.807, 2.05) is 0 Å². The highest BCUT2D eigenvalue weighted by Gasteiger charge is 2.02. The Hall–Kier alpha value is -1.78. The van der Waals surface area contributed by atoms with Crippen LogP contribution in [0.25, 0.3) is 11.0 Å². The van der Waals surface area contributed by atoms with Crippen molar-refractivity contribution in [3.63, 3.8) is 0 Å². The minimum Gasteiger partial charge on any atom is -0.265 e. The van der Waals surface area contributed by atoms with Crippen molar-refractivity contribution in [2.45, 2.75) is 6.92 Å². The van der Waals surface area contributed by atoms with Crippen LogP contribution in [0.3, 0.4) is 0 Å². The number of nitrogens with zero attached hydrogens (tertiary/aromatic N) is 3. The molecule has 2 heterocycles. The summed E-state index contributed by atoms with van der Waals surface area (Å²) in [5, 5.41) is 6.10. The third-order valence-electron chi connectivity index (χ3n) is 1.58. The molecule has 60 valence electrons. The number of H-pyrrole nitrogens is 1. The molecular weight excluding hydrogens is 156 g/mol. The fourth-order valence-corrected chi connectivity index (χ4v) is 1.01. The summed E-state index contributed by atoms with van der Waals surface area (Å²) in [6.07, 6.45) is 3.02. The van der Waals surface area contributed by atoms with Crippen LogP contribution in [0.4, 0.5) is 0 Å². The summed E-state index contributed by atoms with van der Waals surface area (Å²) in [7, 11) is 0. The molecule has 0 aromatic carbocycles. The molecule has 0 amide bonds. The predicted molar refractivity (Wildman–Crippen MR) is 42.7 cm³/mol. The van der Waals surface area contributed by atoms with Crippen molar-refractivity contribution in [1.29, 1.82) is 0 Å². The lowest BCUT2D eigenvalue weighted by Gasteiger charge is -1.95. The molecule has 5 heteroatoms. The Balaban J connectivity index is 3.05. The molecule has 0 bridgehead atoms. The molecule has 0 radical (unpaired) electrons. The Labute approximate surface area is 67.5 Å². The maximum absolute atomic E-state index is 11.1. The van der Waals surface area contributed by atoms with Crippen molar-refractivity contribution in [3.05, 3.63) is 28.4 Å². The van der Waals surface area contributed by atoms with Gasteiger partial charge < -0.3 is 0 Å². The number of aromatic nitrogens is 4. The van der Waals surface area contributed by atoms with E-state index in [0.29, 0.717) is 16.7 Å². The van der Waals surface area contributed by atoms with Crippen molar-refractivity contribution in [2.24, 2.45) is 0 Å². The van der Waals surface area contributed by atoms with Crippen LogP contribution in [-0.4, -0.2) is 20.2 Å². The zero-order valence-electron chi connectivity index (χ0n) is 6.40. The Bertz CT molecular complexity index is 476. The molecule has 0 saturated heterocycles. The number of fused-ring (bicyclic) bond motifs is 1. The molecule has 2 rings (SSSR count). The van der Waals surface area contributed by atoms with Gasteiger partial charge in [0.05, 0.1) is 5.69 Å². The van der Waals surface area contributed by atoms with Crippen molar-refractivity contribution in [2.75, 3.05) is 0 Å². The average molecular weight is 162 g/mol. The first-order valence-electron chi connectivity index (χ1n) is 3.45. The molecule has 0 aliphatic heterocycles. The van der Waals surface area contributed by atoms with Crippen LogP contribution in [-0.2, 0) is 0 Å². The number of aryl methyl sites for hydroxylation is 1. The van der Waals surface area contributed by atoms with Gasteiger partial charge in [0.1, 0.15) is 5.52 Å². The number of aromatic amines is 1. The van der Waals surface area contributed by atoms with E-state index < -0.39 is 0 Å². The van der Waals surface area contributed by atoms with Gasteiger partial charge in [-0.15, -0.1) is 0 Å². The van der Waals surface area contributed by atoms with E-state index in [9.17, 15) is 4.79 Å². The van der Waals surface area contributed by atoms with Gasteiger partial charge in [-0.2, -0.15) is 5.10 Å². The maximum Gasteiger partial charge on any atom is 0.292 e. The molecule has 0 atom stereocenters. The quantitative estimate of drug-likeness (QED) is 0.592. The van der Waals surface area contributed by atoms with Gasteiger partial charge in [0.15, 0.2) is 5.52 Å². The molecule has 1 N–H and O–H groups in total. The van der Waals surface area contributed by atoms with Crippen molar-refractivity contribution < 1.29 is 0 Å². The number of rotatable bonds is 0. The molecule has 5 nitrogen and oxygen atoms in total. The molecule has 2 aromatic heterocycles. The number of hydrogen-bond acceptors (Lipinski definition) is 4. The second-order valence-corrected chi connectivity index (χ2v) is 2.39. The van der Waals surface area contributed by atoms with Crippen molar-refractivity contribution in [1.82, 2.24) is 20.2 Å². The molecule has 0 fully saturated rings. The number of nitrogens with one attached hydrogen (secondary N) is 1. The van der Waals surface area contributed by atoms with Gasteiger partial charge in [0.25, 0.3) is 5.56 Å². The van der Waals surface area contributed by atoms with Gasteiger partial charge in [-0.3, -0.25) is 9.78 Å². The minimum absolute atomic E-state index is 0.302. The Morgan fingerprint density at radius 1 is 1.25 bits per heavy atom. The van der Waals surface area contributed by atoms with E-state index in [1.165, 1.54) is 12.4 Å². The van der Waals surface area contributed by atoms with E-state index >= 15 is 0 Å². The van der Waals surface area contributed by atoms with Crippen LogP contribution < -0.4 is 5.56 Å². The summed E-state index contributed by atoms with van der Waals surface area (Å²) >= 11 is 0. The second-order valence-electron chi connectivity index (χ2n) is 2.39. The van der Waals surface area contributed by atoms with Gasteiger partial charge >= 0.3 is 0 Å². The standard InChI is InChI=1S/C7H6N4O/c1-4-5-6(7(12)11-10-4)9-3-2-8-5/h2-3H,1H3,(H,11,12). The summed E-state index contributed by atoms with van der Waals surface area (Å²) in [5.41, 5.74) is 1.27. The van der Waals surface area contributed by atoms with Crippen LogP contribution in [0.15, 0.2) is 17.2 Å². The van der Waals surface area contributed by atoms with E-state index in [4.69, 9.17) is 0 Å². The average Bonchev–Trinajstić information content (AvgIpc) is 2.12. The molecule has 2 aromatic rings. The van der Waals surface area contributed by atoms with Gasteiger partial charge in [0.2, 0.25) is 0 Å². The zero-order valence-corrected chi connectivity index (χ0v) is 6.40. The van der Waals surface area contributed by atoms with Crippen molar-refractivity contribution >= 4 is 11.0 Å². The largest absolute Gasteiger partial charge is 0.292 e. The summed E-state index contributed by atoms with van der Waals surface area (Å²) in [6, 6.07) is 0. The summed E-state index contributed by atoms with van der Waals surface area (Å²) in [6.45, 7) is 1.77. The van der Waals surface area contributed by atoms with Crippen LogP contribution in [0.5, 0.6) is 0 Å². The third kappa shape index (κ3) is 0.868. The lowest BCUT2D eigenvalue weighted by molar-refractivity contribution is 0.955. The fourth-order valence-electron chi connectivity index (χ4n) is 1.01. The van der Waals surface area contributed by atoms with Gasteiger partial charge in [-0.25, -0.2) is 10.1 Å². The number of hydrogen-bond donors (Lipinski definition) is 1. The topological polar surface area (TPSA) is 71.5 Å². The summed E-state index contributed by atoms with van der Waals surface area (Å²) < 4.78 is 0. The first-order valence-corrected chi connectivity index (χ1v) is 3.45. The lowest BCUT2D eigenvalue weighted by atomic mass is 10.3. The van der Waals surface area contributed by atoms with E-state index in [2.05, 4.69) is 20.2 Å². The van der Waals surface area contributed by atoms with Crippen LogP contribution in [0, 0.1) is 6.92 Å². The molecule has 12 heavy (non-hydrogen) atoms. The first-order chi connectivity index (χ1) is 5.79. The third-order valence-corrected chi connectivity index (χ3v) is 1.58. The molecule has 0 unspecified atom stereocenters. The molecule has 0 saturated carbocycles. The van der Waals surface area contributed by atoms with Gasteiger partial charge in [-0.05, 0) is 6.92 Å². The summed E-state index contributed by atoms with van der Waals surface area (Å²) in [4.78, 5) is 19.0. The highest BCUT2D eigenvalue weighted by atomic mass is 16.1. The summed E-state index contributed by atoms with van der Waals surface area (Å²) in [5.74, 6) is 0. The molecule has 0 spiro atoms. The van der Waals surface area contributed by atoms with Crippen LogP contribution >= 0.6 is 0 Å². The normalized spacial score (nSPS) is 10.4. The monoisotopic (exact) mass is 162 g/mol. The maximum atomic E-state index is 11.1. The van der Waals surface area contributed by atoms with E-state index in [0.717, 1.165) is 0 Å². The smallest absolute Gasteiger partial charge is 0.265 e. The molecule has 0 aliphatic rings. The first kappa shape index (κ1) is 6.90. The lowest BCUT2D eigenvalue weighted by Crippen LogP contribution is -2.11. The Morgan fingerprint density at radius 2 is 1.92 bits per heavy atom. The highest BCUT2D eigenvalue weighted by molar-refractivity contribution is 5.74. The van der Waals surface area contributed by atoms with E-state index in [1.54, 1.807) is 6.92 Å². The van der Waals surface area contributed by atoms with Gasteiger partial charge in [-0.1, -0.05) is 0 Å². The second kappa shape index (κ2) is 2.37. The van der Waals surface area contributed by atoms with Crippen LogP contribution in [0.2, 0.25) is 0 Å². The van der Waals surface area contributed by atoms with Crippen LogP contribution in [0.1, 0.15) is 5.69 Å². The SMILES string of the molecule is Cc1n[nH]c(=O)c2nccnc12. The molecule has 0 aliphatic carbocycles. The fraction of sp³-hybridized carbons (Fsp3) is 0.143.